The highest BCUT2D eigenvalue weighted by molar-refractivity contribution is 7.99. The molecule has 0 saturated carbocycles. The van der Waals surface area contributed by atoms with E-state index in [2.05, 4.69) is 28.3 Å². The number of aryl methyl sites for hydroxylation is 1. The summed E-state index contributed by atoms with van der Waals surface area (Å²) in [5, 5.41) is 23.4. The van der Waals surface area contributed by atoms with Crippen LogP contribution in [0.1, 0.15) is 18.2 Å². The summed E-state index contributed by atoms with van der Waals surface area (Å²) in [4.78, 5) is 11.2. The number of thioether (sulfide) groups is 1. The summed E-state index contributed by atoms with van der Waals surface area (Å²) in [5.74, 6) is 1.05. The second-order valence-corrected chi connectivity index (χ2v) is 6.75. The highest BCUT2D eigenvalue weighted by Gasteiger charge is 2.12. The van der Waals surface area contributed by atoms with Gasteiger partial charge in [-0.05, 0) is 19.4 Å². The minimum atomic E-state index is -0.725. The Bertz CT molecular complexity index is 574. The number of thiophene rings is 1. The molecule has 0 fully saturated rings. The van der Waals surface area contributed by atoms with Crippen molar-refractivity contribution in [2.75, 3.05) is 24.2 Å². The quantitative estimate of drug-likeness (QED) is 0.537. The summed E-state index contributed by atoms with van der Waals surface area (Å²) < 4.78 is 0. The molecular weight excluding hydrogens is 294 g/mol. The SMILES string of the molecule is CCCNc1nc(SCC(O)CO)c2cc(C)sc2n1. The number of aliphatic hydroxyl groups is 2. The average molecular weight is 313 g/mol. The van der Waals surface area contributed by atoms with Gasteiger partial charge in [-0.2, -0.15) is 0 Å². The fourth-order valence-corrected chi connectivity index (χ4v) is 3.53. The van der Waals surface area contributed by atoms with Crippen molar-refractivity contribution < 1.29 is 10.2 Å². The van der Waals surface area contributed by atoms with Crippen molar-refractivity contribution in [2.24, 2.45) is 0 Å². The van der Waals surface area contributed by atoms with Gasteiger partial charge >= 0.3 is 0 Å². The van der Waals surface area contributed by atoms with Crippen molar-refractivity contribution in [1.29, 1.82) is 0 Å². The molecule has 110 valence electrons. The normalized spacial score (nSPS) is 12.8. The van der Waals surface area contributed by atoms with Gasteiger partial charge in [0.2, 0.25) is 5.95 Å². The van der Waals surface area contributed by atoms with Crippen LogP contribution in [0.4, 0.5) is 5.95 Å². The van der Waals surface area contributed by atoms with Gasteiger partial charge in [-0.3, -0.25) is 0 Å². The number of aliphatic hydroxyl groups excluding tert-OH is 2. The van der Waals surface area contributed by atoms with Gasteiger partial charge in [-0.15, -0.1) is 23.1 Å². The number of aromatic nitrogens is 2. The lowest BCUT2D eigenvalue weighted by Crippen LogP contribution is -2.14. The summed E-state index contributed by atoms with van der Waals surface area (Å²) in [7, 11) is 0. The Hall–Kier alpha value is -0.890. The lowest BCUT2D eigenvalue weighted by molar-refractivity contribution is 0.113. The molecule has 0 aliphatic heterocycles. The number of nitrogens with one attached hydrogen (secondary N) is 1. The molecule has 2 aromatic heterocycles. The van der Waals surface area contributed by atoms with Crippen LogP contribution in [0.2, 0.25) is 0 Å². The van der Waals surface area contributed by atoms with Crippen LogP contribution in [0.15, 0.2) is 11.1 Å². The fraction of sp³-hybridized carbons (Fsp3) is 0.538. The molecule has 3 N–H and O–H groups in total. The maximum absolute atomic E-state index is 9.48. The number of fused-ring (bicyclic) bond motifs is 1. The average Bonchev–Trinajstić information content (AvgIpc) is 2.82. The maximum Gasteiger partial charge on any atom is 0.225 e. The summed E-state index contributed by atoms with van der Waals surface area (Å²) in [5.41, 5.74) is 0. The third-order valence-corrected chi connectivity index (χ3v) is 4.72. The number of hydrogen-bond acceptors (Lipinski definition) is 7. The molecule has 2 rings (SSSR count). The van der Waals surface area contributed by atoms with Crippen LogP contribution in [0.3, 0.4) is 0 Å². The van der Waals surface area contributed by atoms with Gasteiger partial charge in [0.25, 0.3) is 0 Å². The zero-order valence-corrected chi connectivity index (χ0v) is 13.2. The minimum Gasteiger partial charge on any atom is -0.394 e. The summed E-state index contributed by atoms with van der Waals surface area (Å²) in [6.07, 6.45) is 0.285. The number of nitrogens with zero attached hydrogens (tertiary/aromatic N) is 2. The Balaban J connectivity index is 2.28. The topological polar surface area (TPSA) is 78.3 Å². The van der Waals surface area contributed by atoms with Gasteiger partial charge in [0, 0.05) is 22.6 Å². The Morgan fingerprint density at radius 2 is 2.25 bits per heavy atom. The van der Waals surface area contributed by atoms with E-state index in [1.165, 1.54) is 16.6 Å². The third-order valence-electron chi connectivity index (χ3n) is 2.64. The second kappa shape index (κ2) is 7.21. The van der Waals surface area contributed by atoms with Crippen LogP contribution in [0.5, 0.6) is 0 Å². The monoisotopic (exact) mass is 313 g/mol. The smallest absolute Gasteiger partial charge is 0.225 e. The second-order valence-electron chi connectivity index (χ2n) is 4.50. The van der Waals surface area contributed by atoms with Gasteiger partial charge in [0.1, 0.15) is 9.86 Å². The molecule has 0 aliphatic carbocycles. The van der Waals surface area contributed by atoms with Crippen LogP contribution in [-0.2, 0) is 0 Å². The molecule has 0 aliphatic rings. The van der Waals surface area contributed by atoms with E-state index in [4.69, 9.17) is 5.11 Å². The lowest BCUT2D eigenvalue weighted by Gasteiger charge is -2.09. The highest BCUT2D eigenvalue weighted by atomic mass is 32.2. The van der Waals surface area contributed by atoms with E-state index in [9.17, 15) is 5.11 Å². The van der Waals surface area contributed by atoms with E-state index in [0.717, 1.165) is 28.2 Å². The molecule has 5 nitrogen and oxygen atoms in total. The third kappa shape index (κ3) is 3.82. The first kappa shape index (κ1) is 15.5. The number of anilines is 1. The van der Waals surface area contributed by atoms with Gasteiger partial charge in [0.15, 0.2) is 0 Å². The highest BCUT2D eigenvalue weighted by Crippen LogP contribution is 2.32. The number of hydrogen-bond donors (Lipinski definition) is 3. The van der Waals surface area contributed by atoms with E-state index in [1.54, 1.807) is 11.3 Å². The molecule has 1 unspecified atom stereocenters. The summed E-state index contributed by atoms with van der Waals surface area (Å²) >= 11 is 3.09. The van der Waals surface area contributed by atoms with Crippen molar-refractivity contribution in [3.05, 3.63) is 10.9 Å². The van der Waals surface area contributed by atoms with Gasteiger partial charge in [0.05, 0.1) is 12.7 Å². The van der Waals surface area contributed by atoms with Crippen LogP contribution >= 0.6 is 23.1 Å². The molecule has 2 heterocycles. The molecule has 0 spiro atoms. The van der Waals surface area contributed by atoms with E-state index < -0.39 is 6.10 Å². The predicted octanol–water partition coefficient (Wildman–Crippen LogP) is 2.27. The molecule has 1 atom stereocenters. The Morgan fingerprint density at radius 1 is 1.45 bits per heavy atom. The molecule has 0 bridgehead atoms. The minimum absolute atomic E-state index is 0.231. The standard InChI is InChI=1S/C13H19N3O2S2/c1-3-4-14-13-15-11(19-7-9(18)6-17)10-5-8(2)20-12(10)16-13/h5,9,17-18H,3-4,6-7H2,1-2H3,(H,14,15,16). The van der Waals surface area contributed by atoms with Crippen LogP contribution in [0, 0.1) is 6.92 Å². The van der Waals surface area contributed by atoms with Crippen molar-refractivity contribution in [3.8, 4) is 0 Å². The Kier molecular flexibility index (Phi) is 5.59. The Labute approximate surface area is 126 Å². The zero-order valence-electron chi connectivity index (χ0n) is 11.6. The molecule has 0 aromatic carbocycles. The molecule has 7 heteroatoms. The van der Waals surface area contributed by atoms with Crippen molar-refractivity contribution in [1.82, 2.24) is 9.97 Å². The van der Waals surface area contributed by atoms with Crippen molar-refractivity contribution >= 4 is 39.3 Å². The van der Waals surface area contributed by atoms with Gasteiger partial charge < -0.3 is 15.5 Å². The predicted molar refractivity (Wildman–Crippen MR) is 84.7 cm³/mol. The summed E-state index contributed by atoms with van der Waals surface area (Å²) in [6.45, 7) is 4.74. The van der Waals surface area contributed by atoms with Crippen LogP contribution in [0.25, 0.3) is 10.2 Å². The molecule has 20 heavy (non-hydrogen) atoms. The van der Waals surface area contributed by atoms with Gasteiger partial charge in [-0.25, -0.2) is 9.97 Å². The van der Waals surface area contributed by atoms with Crippen LogP contribution in [-0.4, -0.2) is 45.2 Å². The van der Waals surface area contributed by atoms with Gasteiger partial charge in [-0.1, -0.05) is 6.92 Å². The fourth-order valence-electron chi connectivity index (χ4n) is 1.67. The lowest BCUT2D eigenvalue weighted by atomic mass is 10.4. The maximum atomic E-state index is 9.48. The first-order valence-corrected chi connectivity index (χ1v) is 8.38. The Morgan fingerprint density at radius 3 is 2.95 bits per heavy atom. The summed E-state index contributed by atoms with van der Waals surface area (Å²) in [6, 6.07) is 2.07. The van der Waals surface area contributed by atoms with Crippen molar-refractivity contribution in [3.63, 3.8) is 0 Å². The van der Waals surface area contributed by atoms with E-state index in [1.807, 2.05) is 6.92 Å². The van der Waals surface area contributed by atoms with Crippen molar-refractivity contribution in [2.45, 2.75) is 31.4 Å². The molecule has 0 amide bonds. The molecular formula is C13H19N3O2S2. The molecule has 0 saturated heterocycles. The molecule has 2 aromatic rings. The largest absolute Gasteiger partial charge is 0.394 e. The van der Waals surface area contributed by atoms with E-state index in [-0.39, 0.29) is 6.61 Å². The first-order valence-electron chi connectivity index (χ1n) is 6.57. The van der Waals surface area contributed by atoms with E-state index >= 15 is 0 Å². The zero-order chi connectivity index (χ0) is 14.5. The molecule has 0 radical (unpaired) electrons. The van der Waals surface area contributed by atoms with E-state index in [0.29, 0.717) is 11.7 Å². The number of rotatable bonds is 7. The first-order chi connectivity index (χ1) is 9.63. The van der Waals surface area contributed by atoms with Crippen LogP contribution < -0.4 is 5.32 Å².